The quantitative estimate of drug-likeness (QED) is 0.413. The van der Waals surface area contributed by atoms with Gasteiger partial charge in [0.25, 0.3) is 5.56 Å². The van der Waals surface area contributed by atoms with Gasteiger partial charge in [-0.1, -0.05) is 40.2 Å². The number of nitrogens with zero attached hydrogens (tertiary/aromatic N) is 2. The summed E-state index contributed by atoms with van der Waals surface area (Å²) in [6.07, 6.45) is 3.77. The molecule has 4 aromatic rings. The van der Waals surface area contributed by atoms with Crippen LogP contribution in [0.5, 0.6) is 11.5 Å². The summed E-state index contributed by atoms with van der Waals surface area (Å²) in [5.41, 5.74) is 3.30. The van der Waals surface area contributed by atoms with E-state index < -0.39 is 0 Å². The predicted octanol–water partition coefficient (Wildman–Crippen LogP) is 5.36. The molecule has 5 nitrogen and oxygen atoms in total. The van der Waals surface area contributed by atoms with Gasteiger partial charge in [-0.15, -0.1) is 0 Å². The number of halogens is 1. The Morgan fingerprint density at radius 3 is 2.70 bits per heavy atom. The zero-order chi connectivity index (χ0) is 20.7. The van der Waals surface area contributed by atoms with Gasteiger partial charge < -0.3 is 9.47 Å². The lowest BCUT2D eigenvalue weighted by Crippen LogP contribution is -2.22. The molecule has 3 aromatic carbocycles. The number of fused-ring (bicyclic) bond motifs is 2. The van der Waals surface area contributed by atoms with Crippen molar-refractivity contribution in [2.24, 2.45) is 0 Å². The highest BCUT2D eigenvalue weighted by molar-refractivity contribution is 9.10. The van der Waals surface area contributed by atoms with Crippen LogP contribution in [0.15, 0.2) is 69.9 Å². The smallest absolute Gasteiger partial charge is 0.266 e. The molecule has 1 aromatic heterocycles. The Bertz CT molecular complexity index is 1370. The van der Waals surface area contributed by atoms with E-state index in [2.05, 4.69) is 15.9 Å². The number of para-hydroxylation sites is 1. The van der Waals surface area contributed by atoms with Crippen molar-refractivity contribution in [2.45, 2.75) is 6.92 Å². The molecule has 0 radical (unpaired) electrons. The Morgan fingerprint density at radius 2 is 1.83 bits per heavy atom. The van der Waals surface area contributed by atoms with Gasteiger partial charge in [0.1, 0.15) is 5.82 Å². The van der Waals surface area contributed by atoms with Crippen LogP contribution >= 0.6 is 15.9 Å². The number of hydrogen-bond donors (Lipinski definition) is 0. The first-order valence-corrected chi connectivity index (χ1v) is 10.3. The summed E-state index contributed by atoms with van der Waals surface area (Å²) in [7, 11) is 0. The molecule has 0 saturated heterocycles. The summed E-state index contributed by atoms with van der Waals surface area (Å²) < 4.78 is 13.5. The summed E-state index contributed by atoms with van der Waals surface area (Å²) in [5, 5.41) is 0.582. The molecular formula is C24H17BrN2O3. The number of ether oxygens (including phenoxy) is 2. The fourth-order valence-corrected chi connectivity index (χ4v) is 3.71. The summed E-state index contributed by atoms with van der Waals surface area (Å²) in [5.74, 6) is 2.00. The number of aryl methyl sites for hydroxylation is 1. The van der Waals surface area contributed by atoms with Crippen molar-refractivity contribution in [3.63, 3.8) is 0 Å². The van der Waals surface area contributed by atoms with Gasteiger partial charge in [-0.25, -0.2) is 4.98 Å². The summed E-state index contributed by atoms with van der Waals surface area (Å²) in [6, 6.07) is 18.9. The van der Waals surface area contributed by atoms with Gasteiger partial charge in [-0.3, -0.25) is 9.36 Å². The largest absolute Gasteiger partial charge is 0.454 e. The van der Waals surface area contributed by atoms with E-state index in [4.69, 9.17) is 14.5 Å². The molecule has 0 saturated carbocycles. The summed E-state index contributed by atoms with van der Waals surface area (Å²) >= 11 is 3.53. The van der Waals surface area contributed by atoms with Crippen LogP contribution in [-0.4, -0.2) is 16.3 Å². The second-order valence-corrected chi connectivity index (χ2v) is 7.86. The summed E-state index contributed by atoms with van der Waals surface area (Å²) in [6.45, 7) is 2.23. The van der Waals surface area contributed by atoms with Crippen LogP contribution in [-0.2, 0) is 0 Å². The lowest BCUT2D eigenvalue weighted by atomic mass is 10.1. The van der Waals surface area contributed by atoms with E-state index in [-0.39, 0.29) is 12.4 Å². The molecule has 0 atom stereocenters. The lowest BCUT2D eigenvalue weighted by molar-refractivity contribution is 0.174. The van der Waals surface area contributed by atoms with Gasteiger partial charge in [-0.2, -0.15) is 0 Å². The van der Waals surface area contributed by atoms with Gasteiger partial charge in [-0.05, 0) is 66.6 Å². The first-order valence-electron chi connectivity index (χ1n) is 9.46. The highest BCUT2D eigenvalue weighted by Gasteiger charge is 2.14. The molecule has 0 aliphatic carbocycles. The predicted molar refractivity (Wildman–Crippen MR) is 121 cm³/mol. The van der Waals surface area contributed by atoms with Crippen molar-refractivity contribution in [1.29, 1.82) is 0 Å². The molecule has 5 rings (SSSR count). The molecule has 0 N–H and O–H groups in total. The Hall–Kier alpha value is -3.38. The molecular weight excluding hydrogens is 444 g/mol. The molecule has 1 aliphatic heterocycles. The number of rotatable bonds is 3. The zero-order valence-electron chi connectivity index (χ0n) is 16.1. The van der Waals surface area contributed by atoms with Gasteiger partial charge >= 0.3 is 0 Å². The average molecular weight is 461 g/mol. The van der Waals surface area contributed by atoms with Crippen LogP contribution in [0.2, 0.25) is 0 Å². The van der Waals surface area contributed by atoms with Crippen molar-refractivity contribution < 1.29 is 9.47 Å². The average Bonchev–Trinajstić information content (AvgIpc) is 3.22. The molecule has 2 heterocycles. The monoisotopic (exact) mass is 460 g/mol. The van der Waals surface area contributed by atoms with E-state index in [9.17, 15) is 4.79 Å². The van der Waals surface area contributed by atoms with Gasteiger partial charge in [0.2, 0.25) is 6.79 Å². The van der Waals surface area contributed by atoms with Crippen LogP contribution in [0, 0.1) is 6.92 Å². The minimum atomic E-state index is -0.104. The van der Waals surface area contributed by atoms with Crippen LogP contribution in [0.3, 0.4) is 0 Å². The molecule has 6 heteroatoms. The van der Waals surface area contributed by atoms with Crippen LogP contribution in [0.1, 0.15) is 17.0 Å². The topological polar surface area (TPSA) is 53.4 Å². The SMILES string of the molecule is Cc1cc(-n2c(/C=C/c3ccc4c(c3)OCO4)nc3ccccc3c2=O)ccc1Br. The Morgan fingerprint density at radius 1 is 1.00 bits per heavy atom. The number of hydrogen-bond acceptors (Lipinski definition) is 4. The van der Waals surface area contributed by atoms with Crippen molar-refractivity contribution in [2.75, 3.05) is 6.79 Å². The molecule has 0 spiro atoms. The number of aromatic nitrogens is 2. The zero-order valence-corrected chi connectivity index (χ0v) is 17.7. The van der Waals surface area contributed by atoms with E-state index in [0.717, 1.165) is 27.0 Å². The van der Waals surface area contributed by atoms with Crippen molar-refractivity contribution in [3.8, 4) is 17.2 Å². The van der Waals surface area contributed by atoms with E-state index in [1.807, 2.05) is 73.7 Å². The normalized spacial score (nSPS) is 12.7. The lowest BCUT2D eigenvalue weighted by Gasteiger charge is -2.12. The van der Waals surface area contributed by atoms with Gasteiger partial charge in [0.05, 0.1) is 16.6 Å². The Labute approximate surface area is 181 Å². The highest BCUT2D eigenvalue weighted by Crippen LogP contribution is 2.33. The van der Waals surface area contributed by atoms with Crippen molar-refractivity contribution >= 4 is 39.0 Å². The van der Waals surface area contributed by atoms with E-state index >= 15 is 0 Å². The van der Waals surface area contributed by atoms with E-state index in [0.29, 0.717) is 22.5 Å². The maximum Gasteiger partial charge on any atom is 0.266 e. The van der Waals surface area contributed by atoms with Crippen LogP contribution in [0.25, 0.3) is 28.7 Å². The molecule has 0 fully saturated rings. The Kier molecular flexibility index (Phi) is 4.64. The molecule has 0 amide bonds. The van der Waals surface area contributed by atoms with Crippen molar-refractivity contribution in [1.82, 2.24) is 9.55 Å². The minimum absolute atomic E-state index is 0.104. The van der Waals surface area contributed by atoms with E-state index in [1.54, 1.807) is 10.6 Å². The molecule has 0 bridgehead atoms. The standard InChI is InChI=1S/C24H17BrN2O3/c1-15-12-17(8-9-19(15)25)27-23(26-20-5-3-2-4-18(20)24(27)28)11-7-16-6-10-21-22(13-16)30-14-29-21/h2-13H,14H2,1H3/b11-7+. The maximum absolute atomic E-state index is 13.4. The van der Waals surface area contributed by atoms with Crippen LogP contribution < -0.4 is 15.0 Å². The number of benzene rings is 3. The summed E-state index contributed by atoms with van der Waals surface area (Å²) in [4.78, 5) is 18.1. The highest BCUT2D eigenvalue weighted by atomic mass is 79.9. The molecule has 30 heavy (non-hydrogen) atoms. The minimum Gasteiger partial charge on any atom is -0.454 e. The van der Waals surface area contributed by atoms with Crippen LogP contribution in [0.4, 0.5) is 0 Å². The third kappa shape index (κ3) is 3.29. The Balaban J connectivity index is 1.68. The molecule has 1 aliphatic rings. The van der Waals surface area contributed by atoms with E-state index in [1.165, 1.54) is 0 Å². The second-order valence-electron chi connectivity index (χ2n) is 7.01. The third-order valence-electron chi connectivity index (χ3n) is 5.02. The first kappa shape index (κ1) is 18.6. The molecule has 148 valence electrons. The molecule has 0 unspecified atom stereocenters. The van der Waals surface area contributed by atoms with Gasteiger partial charge in [0.15, 0.2) is 11.5 Å². The van der Waals surface area contributed by atoms with Crippen molar-refractivity contribution in [3.05, 3.63) is 92.4 Å². The fraction of sp³-hybridized carbons (Fsp3) is 0.0833. The first-order chi connectivity index (χ1) is 14.6. The second kappa shape index (κ2) is 7.46. The van der Waals surface area contributed by atoms with Gasteiger partial charge in [0, 0.05) is 4.47 Å². The fourth-order valence-electron chi connectivity index (χ4n) is 3.47. The third-order valence-corrected chi connectivity index (χ3v) is 5.91. The maximum atomic E-state index is 13.4.